The number of aromatic nitrogens is 2. The van der Waals surface area contributed by atoms with Gasteiger partial charge in [-0.1, -0.05) is 0 Å². The van der Waals surface area contributed by atoms with Gasteiger partial charge in [0.15, 0.2) is 0 Å². The molecule has 0 spiro atoms. The normalized spacial score (nSPS) is 17.9. The lowest BCUT2D eigenvalue weighted by atomic mass is 9.77. The van der Waals surface area contributed by atoms with E-state index in [-0.39, 0.29) is 5.91 Å². The molecule has 16 heavy (non-hydrogen) atoms. The minimum Gasteiger partial charge on any atom is -0.354 e. The fourth-order valence-corrected chi connectivity index (χ4v) is 1.89. The number of nitrogens with two attached hydrogens (primary N) is 1. The van der Waals surface area contributed by atoms with Crippen LogP contribution in [-0.2, 0) is 18.3 Å². The largest absolute Gasteiger partial charge is 0.354 e. The highest BCUT2D eigenvalue weighted by molar-refractivity contribution is 5.86. The van der Waals surface area contributed by atoms with Gasteiger partial charge in [-0.25, -0.2) is 4.98 Å². The van der Waals surface area contributed by atoms with Crippen molar-refractivity contribution in [3.8, 4) is 0 Å². The van der Waals surface area contributed by atoms with Crippen LogP contribution in [0.2, 0.25) is 0 Å². The van der Waals surface area contributed by atoms with Crippen molar-refractivity contribution in [2.75, 3.05) is 6.54 Å². The summed E-state index contributed by atoms with van der Waals surface area (Å²) in [5, 5.41) is 2.87. The maximum absolute atomic E-state index is 11.7. The fourth-order valence-electron chi connectivity index (χ4n) is 1.89. The maximum atomic E-state index is 11.7. The highest BCUT2D eigenvalue weighted by Crippen LogP contribution is 2.28. The molecule has 0 saturated heterocycles. The lowest BCUT2D eigenvalue weighted by Gasteiger charge is -2.36. The van der Waals surface area contributed by atoms with E-state index in [4.69, 9.17) is 5.73 Å². The number of rotatable bonds is 4. The number of amides is 1. The van der Waals surface area contributed by atoms with Crippen molar-refractivity contribution in [1.82, 2.24) is 14.9 Å². The summed E-state index contributed by atoms with van der Waals surface area (Å²) in [4.78, 5) is 15.9. The summed E-state index contributed by atoms with van der Waals surface area (Å²) < 4.78 is 1.95. The van der Waals surface area contributed by atoms with Crippen LogP contribution < -0.4 is 11.1 Å². The number of aryl methyl sites for hydroxylation is 1. The van der Waals surface area contributed by atoms with Gasteiger partial charge in [0.1, 0.15) is 5.82 Å². The van der Waals surface area contributed by atoms with Gasteiger partial charge in [0, 0.05) is 32.4 Å². The van der Waals surface area contributed by atoms with Crippen molar-refractivity contribution in [3.63, 3.8) is 0 Å². The molecule has 5 heteroatoms. The van der Waals surface area contributed by atoms with Gasteiger partial charge >= 0.3 is 0 Å². The average Bonchev–Trinajstić information content (AvgIpc) is 2.61. The first-order chi connectivity index (χ1) is 7.62. The lowest BCUT2D eigenvalue weighted by molar-refractivity contribution is -0.129. The second-order valence-electron chi connectivity index (χ2n) is 4.47. The monoisotopic (exact) mass is 222 g/mol. The number of imidazole rings is 1. The number of hydrogen-bond donors (Lipinski definition) is 2. The van der Waals surface area contributed by atoms with E-state index >= 15 is 0 Å². The van der Waals surface area contributed by atoms with Gasteiger partial charge in [-0.2, -0.15) is 0 Å². The molecule has 1 amide bonds. The molecule has 1 heterocycles. The molecular weight excluding hydrogens is 204 g/mol. The second kappa shape index (κ2) is 4.25. The predicted octanol–water partition coefficient (Wildman–Crippen LogP) is -0.0398. The molecule has 0 unspecified atom stereocenters. The van der Waals surface area contributed by atoms with E-state index in [0.29, 0.717) is 6.54 Å². The zero-order chi connectivity index (χ0) is 11.6. The molecule has 0 bridgehead atoms. The van der Waals surface area contributed by atoms with E-state index in [1.165, 1.54) is 0 Å². The van der Waals surface area contributed by atoms with Crippen LogP contribution in [0.4, 0.5) is 0 Å². The van der Waals surface area contributed by atoms with Crippen LogP contribution >= 0.6 is 0 Å². The first-order valence-corrected chi connectivity index (χ1v) is 5.65. The Morgan fingerprint density at radius 1 is 1.69 bits per heavy atom. The summed E-state index contributed by atoms with van der Waals surface area (Å²) >= 11 is 0. The summed E-state index contributed by atoms with van der Waals surface area (Å²) in [5.41, 5.74) is 5.31. The van der Waals surface area contributed by atoms with Gasteiger partial charge < -0.3 is 15.6 Å². The van der Waals surface area contributed by atoms with Crippen molar-refractivity contribution in [2.45, 2.75) is 31.2 Å². The minimum atomic E-state index is -0.596. The van der Waals surface area contributed by atoms with Crippen molar-refractivity contribution in [3.05, 3.63) is 18.2 Å². The van der Waals surface area contributed by atoms with Crippen LogP contribution in [0.5, 0.6) is 0 Å². The first-order valence-electron chi connectivity index (χ1n) is 5.65. The molecule has 0 atom stereocenters. The molecule has 2 rings (SSSR count). The highest BCUT2D eigenvalue weighted by atomic mass is 16.2. The van der Waals surface area contributed by atoms with E-state index in [9.17, 15) is 4.79 Å². The van der Waals surface area contributed by atoms with Crippen LogP contribution in [0.15, 0.2) is 12.4 Å². The van der Waals surface area contributed by atoms with E-state index in [2.05, 4.69) is 10.3 Å². The number of hydrogen-bond acceptors (Lipinski definition) is 3. The van der Waals surface area contributed by atoms with Crippen LogP contribution in [0, 0.1) is 0 Å². The van der Waals surface area contributed by atoms with Gasteiger partial charge in [0.05, 0.1) is 5.54 Å². The zero-order valence-electron chi connectivity index (χ0n) is 9.57. The summed E-state index contributed by atoms with van der Waals surface area (Å²) in [6.45, 7) is 0.600. The summed E-state index contributed by atoms with van der Waals surface area (Å²) in [6.07, 6.45) is 7.07. The molecule has 1 fully saturated rings. The zero-order valence-corrected chi connectivity index (χ0v) is 9.57. The molecule has 1 aliphatic carbocycles. The van der Waals surface area contributed by atoms with Crippen molar-refractivity contribution in [2.24, 2.45) is 12.8 Å². The van der Waals surface area contributed by atoms with Gasteiger partial charge in [-0.3, -0.25) is 4.79 Å². The minimum absolute atomic E-state index is 0.0204. The number of nitrogens with zero attached hydrogens (tertiary/aromatic N) is 2. The van der Waals surface area contributed by atoms with E-state index in [1.54, 1.807) is 6.20 Å². The quantitative estimate of drug-likeness (QED) is 0.750. The Balaban J connectivity index is 1.76. The molecular formula is C11H18N4O. The van der Waals surface area contributed by atoms with Crippen LogP contribution in [0.3, 0.4) is 0 Å². The number of nitrogens with one attached hydrogen (secondary N) is 1. The van der Waals surface area contributed by atoms with E-state index < -0.39 is 5.54 Å². The summed E-state index contributed by atoms with van der Waals surface area (Å²) in [5.74, 6) is 0.952. The van der Waals surface area contributed by atoms with Crippen molar-refractivity contribution >= 4 is 5.91 Å². The van der Waals surface area contributed by atoms with Crippen LogP contribution in [-0.4, -0.2) is 27.5 Å². The molecule has 1 aliphatic rings. The van der Waals surface area contributed by atoms with E-state index in [0.717, 1.165) is 31.5 Å². The third kappa shape index (κ3) is 2.09. The van der Waals surface area contributed by atoms with Crippen molar-refractivity contribution in [1.29, 1.82) is 0 Å². The maximum Gasteiger partial charge on any atom is 0.240 e. The Labute approximate surface area is 95.0 Å². The molecule has 0 radical (unpaired) electrons. The molecule has 5 nitrogen and oxygen atoms in total. The molecule has 0 aliphatic heterocycles. The van der Waals surface area contributed by atoms with Gasteiger partial charge in [-0.05, 0) is 19.3 Å². The molecule has 3 N–H and O–H groups in total. The Hall–Kier alpha value is -1.36. The van der Waals surface area contributed by atoms with Gasteiger partial charge in [0.25, 0.3) is 0 Å². The molecule has 1 aromatic rings. The first kappa shape index (κ1) is 11.1. The standard InChI is InChI=1S/C11H18N4O/c1-15-8-7-13-9(15)3-6-14-10(16)11(12)4-2-5-11/h7-8H,2-6,12H2,1H3,(H,14,16). The summed E-state index contributed by atoms with van der Waals surface area (Å²) in [7, 11) is 1.94. The van der Waals surface area contributed by atoms with Crippen LogP contribution in [0.25, 0.3) is 0 Å². The third-order valence-electron chi connectivity index (χ3n) is 3.25. The molecule has 1 aromatic heterocycles. The molecule has 88 valence electrons. The highest BCUT2D eigenvalue weighted by Gasteiger charge is 2.39. The SMILES string of the molecule is Cn1ccnc1CCNC(=O)C1(N)CCC1. The fraction of sp³-hybridized carbons (Fsp3) is 0.636. The third-order valence-corrected chi connectivity index (χ3v) is 3.25. The number of carbonyl (C=O) groups is 1. The number of carbonyl (C=O) groups excluding carboxylic acids is 1. The lowest BCUT2D eigenvalue weighted by Crippen LogP contribution is -2.58. The second-order valence-corrected chi connectivity index (χ2v) is 4.47. The Morgan fingerprint density at radius 3 is 2.94 bits per heavy atom. The molecule has 0 aromatic carbocycles. The summed E-state index contributed by atoms with van der Waals surface area (Å²) in [6, 6.07) is 0. The van der Waals surface area contributed by atoms with Crippen molar-refractivity contribution < 1.29 is 4.79 Å². The van der Waals surface area contributed by atoms with Gasteiger partial charge in [0.2, 0.25) is 5.91 Å². The van der Waals surface area contributed by atoms with E-state index in [1.807, 2.05) is 17.8 Å². The average molecular weight is 222 g/mol. The Bertz CT molecular complexity index is 381. The predicted molar refractivity (Wildman–Crippen MR) is 60.7 cm³/mol. The smallest absolute Gasteiger partial charge is 0.240 e. The Kier molecular flexibility index (Phi) is 2.96. The molecule has 1 saturated carbocycles. The Morgan fingerprint density at radius 2 is 2.44 bits per heavy atom. The van der Waals surface area contributed by atoms with Crippen LogP contribution in [0.1, 0.15) is 25.1 Å². The topological polar surface area (TPSA) is 72.9 Å². The van der Waals surface area contributed by atoms with Gasteiger partial charge in [-0.15, -0.1) is 0 Å².